The van der Waals surface area contributed by atoms with Crippen LogP contribution in [0, 0.1) is 0 Å². The number of rotatable bonds is 10. The molecule has 38 heavy (non-hydrogen) atoms. The van der Waals surface area contributed by atoms with E-state index in [0.717, 1.165) is 22.5 Å². The summed E-state index contributed by atoms with van der Waals surface area (Å²) in [7, 11) is 0. The number of carbonyl (C=O) groups excluding carboxylic acids is 2. The quantitative estimate of drug-likeness (QED) is 0.200. The highest BCUT2D eigenvalue weighted by Crippen LogP contribution is 2.12. The molecule has 3 aromatic rings. The molecule has 200 valence electrons. The molecule has 0 heterocycles. The molecule has 3 aromatic carbocycles. The molecule has 0 saturated carbocycles. The molecule has 0 fully saturated rings. The maximum absolute atomic E-state index is 12.3. The van der Waals surface area contributed by atoms with Crippen LogP contribution in [0.2, 0.25) is 0 Å². The van der Waals surface area contributed by atoms with Gasteiger partial charge in [-0.05, 0) is 93.4 Å². The van der Waals surface area contributed by atoms with E-state index in [0.29, 0.717) is 23.2 Å². The van der Waals surface area contributed by atoms with E-state index >= 15 is 0 Å². The third-order valence-corrected chi connectivity index (χ3v) is 4.87. The highest BCUT2D eigenvalue weighted by molar-refractivity contribution is 5.96. The van der Waals surface area contributed by atoms with Crippen LogP contribution in [0.3, 0.4) is 0 Å². The van der Waals surface area contributed by atoms with Crippen LogP contribution in [0.1, 0.15) is 73.4 Å². The maximum atomic E-state index is 12.3. The van der Waals surface area contributed by atoms with Crippen molar-refractivity contribution in [3.8, 4) is 0 Å². The Hall–Kier alpha value is -4.46. The van der Waals surface area contributed by atoms with E-state index < -0.39 is 0 Å². The molecular formula is C30H38N6O2. The van der Waals surface area contributed by atoms with Gasteiger partial charge in [-0.15, -0.1) is 0 Å². The van der Waals surface area contributed by atoms with E-state index in [9.17, 15) is 9.59 Å². The van der Waals surface area contributed by atoms with Gasteiger partial charge in [0.2, 0.25) is 0 Å². The van der Waals surface area contributed by atoms with Gasteiger partial charge < -0.3 is 10.6 Å². The van der Waals surface area contributed by atoms with Crippen molar-refractivity contribution in [3.05, 3.63) is 95.1 Å². The first-order valence-corrected chi connectivity index (χ1v) is 12.8. The van der Waals surface area contributed by atoms with Crippen molar-refractivity contribution >= 4 is 35.6 Å². The number of nitrogens with one attached hydrogen (secondary N) is 4. The summed E-state index contributed by atoms with van der Waals surface area (Å²) in [4.78, 5) is 24.6. The van der Waals surface area contributed by atoms with Gasteiger partial charge in [0, 0.05) is 34.6 Å². The summed E-state index contributed by atoms with van der Waals surface area (Å²) in [5.74, 6) is -0.591. The van der Waals surface area contributed by atoms with Crippen LogP contribution < -0.4 is 21.5 Å². The van der Waals surface area contributed by atoms with E-state index in [1.807, 2.05) is 62.4 Å². The van der Waals surface area contributed by atoms with E-state index in [1.54, 1.807) is 36.7 Å². The molecule has 8 nitrogen and oxygen atoms in total. The number of nitrogens with zero attached hydrogens (tertiary/aromatic N) is 2. The standard InChI is InChI=1S/C28H32N6O2.C2H6/c1-19(2)31-25-12-8-23(9-13-25)27(35)33-29-17-21-6-5-7-22(16-21)18-30-34-28(36)24-10-14-26(15-11-24)32-20(3)4;1-2/h5-20,31-32H,1-4H3,(H,33,35)(H,34,36);1-2H3/b29-17+,30-18+;. The van der Waals surface area contributed by atoms with Crippen molar-refractivity contribution in [2.75, 3.05) is 10.6 Å². The fourth-order valence-corrected chi connectivity index (χ4v) is 3.28. The second kappa shape index (κ2) is 15.6. The minimum atomic E-state index is -0.296. The average Bonchev–Trinajstić information content (AvgIpc) is 2.90. The van der Waals surface area contributed by atoms with Crippen LogP contribution >= 0.6 is 0 Å². The largest absolute Gasteiger partial charge is 0.383 e. The average molecular weight is 515 g/mol. The number of carbonyl (C=O) groups is 2. The van der Waals surface area contributed by atoms with Gasteiger partial charge in [0.1, 0.15) is 0 Å². The van der Waals surface area contributed by atoms with Crippen LogP contribution in [0.5, 0.6) is 0 Å². The lowest BCUT2D eigenvalue weighted by Crippen LogP contribution is -2.18. The molecule has 0 aliphatic rings. The van der Waals surface area contributed by atoms with Crippen molar-refractivity contribution in [2.45, 2.75) is 53.6 Å². The molecule has 8 heteroatoms. The van der Waals surface area contributed by atoms with Crippen molar-refractivity contribution < 1.29 is 9.59 Å². The molecule has 0 atom stereocenters. The van der Waals surface area contributed by atoms with Crippen molar-refractivity contribution in [1.82, 2.24) is 10.9 Å². The van der Waals surface area contributed by atoms with E-state index in [1.165, 1.54) is 0 Å². The third kappa shape index (κ3) is 10.3. The van der Waals surface area contributed by atoms with E-state index in [2.05, 4.69) is 59.4 Å². The predicted molar refractivity (Wildman–Crippen MR) is 158 cm³/mol. The Morgan fingerprint density at radius 2 is 1.00 bits per heavy atom. The lowest BCUT2D eigenvalue weighted by atomic mass is 10.1. The molecule has 0 aromatic heterocycles. The van der Waals surface area contributed by atoms with Crippen LogP contribution in [-0.4, -0.2) is 36.3 Å². The smallest absolute Gasteiger partial charge is 0.271 e. The molecule has 0 radical (unpaired) electrons. The van der Waals surface area contributed by atoms with Gasteiger partial charge >= 0.3 is 0 Å². The molecule has 4 N–H and O–H groups in total. The molecule has 3 rings (SSSR count). The number of anilines is 2. The molecule has 0 bridgehead atoms. The number of hydrogen-bond acceptors (Lipinski definition) is 6. The number of hydrazone groups is 2. The fraction of sp³-hybridized carbons (Fsp3) is 0.267. The molecule has 0 saturated heterocycles. The highest BCUT2D eigenvalue weighted by atomic mass is 16.2. The van der Waals surface area contributed by atoms with Crippen LogP contribution in [-0.2, 0) is 0 Å². The fourth-order valence-electron chi connectivity index (χ4n) is 3.28. The van der Waals surface area contributed by atoms with E-state index in [-0.39, 0.29) is 11.8 Å². The first-order chi connectivity index (χ1) is 18.3. The molecular weight excluding hydrogens is 476 g/mol. The Labute approximate surface area is 225 Å². The zero-order chi connectivity index (χ0) is 27.9. The summed E-state index contributed by atoms with van der Waals surface area (Å²) >= 11 is 0. The van der Waals surface area contributed by atoms with Crippen molar-refractivity contribution in [1.29, 1.82) is 0 Å². The Kier molecular flexibility index (Phi) is 12.2. The third-order valence-electron chi connectivity index (χ3n) is 4.87. The summed E-state index contributed by atoms with van der Waals surface area (Å²) in [6, 6.07) is 22.4. The second-order valence-corrected chi connectivity index (χ2v) is 8.82. The molecule has 0 aliphatic heterocycles. The summed E-state index contributed by atoms with van der Waals surface area (Å²) < 4.78 is 0. The monoisotopic (exact) mass is 514 g/mol. The van der Waals surface area contributed by atoms with Gasteiger partial charge in [-0.25, -0.2) is 10.9 Å². The summed E-state index contributed by atoms with van der Waals surface area (Å²) in [6.07, 6.45) is 3.10. The van der Waals surface area contributed by atoms with Crippen molar-refractivity contribution in [2.24, 2.45) is 10.2 Å². The zero-order valence-corrected chi connectivity index (χ0v) is 22.9. The van der Waals surface area contributed by atoms with Crippen LogP contribution in [0.4, 0.5) is 11.4 Å². The molecule has 0 unspecified atom stereocenters. The predicted octanol–water partition coefficient (Wildman–Crippen LogP) is 5.88. The molecule has 0 spiro atoms. The van der Waals surface area contributed by atoms with Gasteiger partial charge in [0.05, 0.1) is 12.4 Å². The first-order valence-electron chi connectivity index (χ1n) is 12.8. The maximum Gasteiger partial charge on any atom is 0.271 e. The Morgan fingerprint density at radius 1 is 0.632 bits per heavy atom. The van der Waals surface area contributed by atoms with Crippen LogP contribution in [0.15, 0.2) is 83.0 Å². The Balaban J connectivity index is 0.00000247. The normalized spacial score (nSPS) is 10.8. The molecule has 2 amide bonds. The van der Waals surface area contributed by atoms with Gasteiger partial charge in [0.25, 0.3) is 11.8 Å². The van der Waals surface area contributed by atoms with Gasteiger partial charge in [-0.1, -0.05) is 32.0 Å². The van der Waals surface area contributed by atoms with E-state index in [4.69, 9.17) is 0 Å². The van der Waals surface area contributed by atoms with Crippen LogP contribution in [0.25, 0.3) is 0 Å². The number of benzene rings is 3. The minimum absolute atomic E-state index is 0.296. The summed E-state index contributed by atoms with van der Waals surface area (Å²) in [5.41, 5.74) is 9.56. The second-order valence-electron chi connectivity index (χ2n) is 8.82. The Morgan fingerprint density at radius 3 is 1.34 bits per heavy atom. The Bertz CT molecular complexity index is 1120. The highest BCUT2D eigenvalue weighted by Gasteiger charge is 2.05. The first kappa shape index (κ1) is 29.8. The lowest BCUT2D eigenvalue weighted by Gasteiger charge is -2.10. The molecule has 0 aliphatic carbocycles. The topological polar surface area (TPSA) is 107 Å². The minimum Gasteiger partial charge on any atom is -0.383 e. The van der Waals surface area contributed by atoms with Gasteiger partial charge in [-0.3, -0.25) is 9.59 Å². The lowest BCUT2D eigenvalue weighted by molar-refractivity contribution is 0.0947. The zero-order valence-electron chi connectivity index (χ0n) is 22.9. The number of amides is 2. The number of hydrogen-bond donors (Lipinski definition) is 4. The van der Waals surface area contributed by atoms with Crippen molar-refractivity contribution in [3.63, 3.8) is 0 Å². The van der Waals surface area contributed by atoms with Gasteiger partial charge in [0.15, 0.2) is 0 Å². The SMILES string of the molecule is CC.CC(C)Nc1ccc(C(=O)N/N=C/c2cccc(/C=N/NC(=O)c3ccc(NC(C)C)cc3)c2)cc1. The summed E-state index contributed by atoms with van der Waals surface area (Å²) in [6.45, 7) is 12.2. The summed E-state index contributed by atoms with van der Waals surface area (Å²) in [5, 5.41) is 14.6. The van der Waals surface area contributed by atoms with Gasteiger partial charge in [-0.2, -0.15) is 10.2 Å².